The summed E-state index contributed by atoms with van der Waals surface area (Å²) in [6, 6.07) is 28.4. The summed E-state index contributed by atoms with van der Waals surface area (Å²) in [5.74, 6) is -0.722. The van der Waals surface area contributed by atoms with Crippen LogP contribution in [0.3, 0.4) is 0 Å². The Bertz CT molecular complexity index is 1590. The topological polar surface area (TPSA) is 105 Å². The molecule has 4 aromatic rings. The van der Waals surface area contributed by atoms with E-state index in [9.17, 15) is 18.0 Å². The van der Waals surface area contributed by atoms with E-state index in [1.54, 1.807) is 78.9 Å². The molecule has 0 atom stereocenters. The number of benzene rings is 4. The van der Waals surface area contributed by atoms with Gasteiger partial charge in [0, 0.05) is 0 Å². The second-order valence-electron chi connectivity index (χ2n) is 8.71. The van der Waals surface area contributed by atoms with Crippen LogP contribution in [0.15, 0.2) is 113 Å². The molecule has 0 heterocycles. The fourth-order valence-electron chi connectivity index (χ4n) is 3.62. The zero-order chi connectivity index (χ0) is 27.8. The maximum atomic E-state index is 13.4. The summed E-state index contributed by atoms with van der Waals surface area (Å²) >= 11 is 0. The number of sulfonamides is 1. The van der Waals surface area contributed by atoms with Crippen molar-refractivity contribution < 1.29 is 22.7 Å². The quantitative estimate of drug-likeness (QED) is 0.141. The van der Waals surface area contributed by atoms with Crippen molar-refractivity contribution in [3.05, 3.63) is 125 Å². The average molecular weight is 542 g/mol. The van der Waals surface area contributed by atoms with Gasteiger partial charge in [0.05, 0.1) is 22.4 Å². The highest BCUT2D eigenvalue weighted by atomic mass is 32.2. The number of hydrogen-bond acceptors (Lipinski definition) is 6. The van der Waals surface area contributed by atoms with Gasteiger partial charge in [-0.2, -0.15) is 5.10 Å². The standard InChI is InChI=1S/C30H27N3O5S/c1-22-13-16-26(19-23(22)2)33(39(36,37)28-11-7-4-8-12-28)21-29(34)32-31-20-24-14-17-27(18-15-24)38-30(35)25-9-5-3-6-10-25/h3-20H,21H2,1-2H3,(H,32,34)/b31-20+. The number of carbonyl (C=O) groups excluding carboxylic acids is 2. The Morgan fingerprint density at radius 1 is 0.846 bits per heavy atom. The molecule has 4 rings (SSSR count). The fourth-order valence-corrected chi connectivity index (χ4v) is 5.06. The van der Waals surface area contributed by atoms with E-state index < -0.39 is 28.4 Å². The molecule has 0 unspecified atom stereocenters. The van der Waals surface area contributed by atoms with Gasteiger partial charge in [0.15, 0.2) is 0 Å². The summed E-state index contributed by atoms with van der Waals surface area (Å²) in [6.07, 6.45) is 1.41. The van der Waals surface area contributed by atoms with Gasteiger partial charge in [0.1, 0.15) is 12.3 Å². The summed E-state index contributed by atoms with van der Waals surface area (Å²) in [5, 5.41) is 3.96. The summed E-state index contributed by atoms with van der Waals surface area (Å²) in [7, 11) is -4.01. The summed E-state index contributed by atoms with van der Waals surface area (Å²) in [5.41, 5.74) is 5.75. The fraction of sp³-hybridized carbons (Fsp3) is 0.100. The number of hydrogen-bond donors (Lipinski definition) is 1. The molecule has 8 nitrogen and oxygen atoms in total. The van der Waals surface area contributed by atoms with Gasteiger partial charge in [-0.15, -0.1) is 0 Å². The number of carbonyl (C=O) groups is 2. The normalized spacial score (nSPS) is 11.2. The van der Waals surface area contributed by atoms with E-state index in [1.165, 1.54) is 18.3 Å². The minimum Gasteiger partial charge on any atom is -0.423 e. The molecule has 0 radical (unpaired) electrons. The van der Waals surface area contributed by atoms with Crippen molar-refractivity contribution in [3.8, 4) is 5.75 Å². The Morgan fingerprint density at radius 3 is 2.13 bits per heavy atom. The Balaban J connectivity index is 1.43. The largest absolute Gasteiger partial charge is 0.423 e. The summed E-state index contributed by atoms with van der Waals surface area (Å²) in [6.45, 7) is 3.34. The number of anilines is 1. The van der Waals surface area contributed by atoms with E-state index in [-0.39, 0.29) is 4.90 Å². The number of nitrogens with one attached hydrogen (secondary N) is 1. The van der Waals surface area contributed by atoms with Crippen LogP contribution in [0, 0.1) is 13.8 Å². The van der Waals surface area contributed by atoms with Crippen molar-refractivity contribution in [1.82, 2.24) is 5.43 Å². The molecule has 4 aromatic carbocycles. The first-order valence-corrected chi connectivity index (χ1v) is 13.5. The summed E-state index contributed by atoms with van der Waals surface area (Å²) in [4.78, 5) is 25.0. The van der Waals surface area contributed by atoms with Crippen LogP contribution in [-0.2, 0) is 14.8 Å². The van der Waals surface area contributed by atoms with Crippen LogP contribution in [-0.4, -0.2) is 33.1 Å². The maximum absolute atomic E-state index is 13.4. The average Bonchev–Trinajstić information content (AvgIpc) is 2.95. The monoisotopic (exact) mass is 541 g/mol. The molecule has 9 heteroatoms. The highest BCUT2D eigenvalue weighted by molar-refractivity contribution is 7.92. The van der Waals surface area contributed by atoms with Crippen LogP contribution in [0.25, 0.3) is 0 Å². The highest BCUT2D eigenvalue weighted by Crippen LogP contribution is 2.25. The molecule has 0 fully saturated rings. The van der Waals surface area contributed by atoms with Crippen molar-refractivity contribution >= 4 is 33.8 Å². The van der Waals surface area contributed by atoms with Crippen molar-refractivity contribution in [1.29, 1.82) is 0 Å². The zero-order valence-electron chi connectivity index (χ0n) is 21.4. The van der Waals surface area contributed by atoms with Gasteiger partial charge < -0.3 is 4.74 Å². The number of nitrogens with zero attached hydrogens (tertiary/aromatic N) is 2. The Hall–Kier alpha value is -4.76. The Morgan fingerprint density at radius 2 is 1.49 bits per heavy atom. The lowest BCUT2D eigenvalue weighted by Gasteiger charge is -2.24. The van der Waals surface area contributed by atoms with E-state index in [0.29, 0.717) is 22.6 Å². The molecule has 1 amide bonds. The first kappa shape index (κ1) is 27.3. The lowest BCUT2D eigenvalue weighted by molar-refractivity contribution is -0.119. The van der Waals surface area contributed by atoms with Gasteiger partial charge in [0.25, 0.3) is 15.9 Å². The van der Waals surface area contributed by atoms with Crippen LogP contribution in [0.1, 0.15) is 27.0 Å². The molecular formula is C30H27N3O5S. The van der Waals surface area contributed by atoms with E-state index in [0.717, 1.165) is 15.4 Å². The van der Waals surface area contributed by atoms with Crippen LogP contribution < -0.4 is 14.5 Å². The first-order chi connectivity index (χ1) is 18.7. The third-order valence-corrected chi connectivity index (χ3v) is 7.69. The van der Waals surface area contributed by atoms with Crippen molar-refractivity contribution in [2.24, 2.45) is 5.10 Å². The van der Waals surface area contributed by atoms with Gasteiger partial charge in [-0.3, -0.25) is 9.10 Å². The van der Waals surface area contributed by atoms with Crippen LogP contribution >= 0.6 is 0 Å². The number of amides is 1. The molecule has 0 spiro atoms. The second kappa shape index (κ2) is 12.2. The molecule has 1 N–H and O–H groups in total. The van der Waals surface area contributed by atoms with Gasteiger partial charge in [0.2, 0.25) is 0 Å². The Labute approximate surface area is 227 Å². The van der Waals surface area contributed by atoms with Gasteiger partial charge in [-0.1, -0.05) is 42.5 Å². The predicted octanol–water partition coefficient (Wildman–Crippen LogP) is 4.87. The van der Waals surface area contributed by atoms with E-state index >= 15 is 0 Å². The number of esters is 1. The lowest BCUT2D eigenvalue weighted by Crippen LogP contribution is -2.39. The second-order valence-corrected chi connectivity index (χ2v) is 10.6. The molecule has 0 aliphatic heterocycles. The predicted molar refractivity (Wildman–Crippen MR) is 150 cm³/mol. The van der Waals surface area contributed by atoms with Gasteiger partial charge in [-0.25, -0.2) is 18.6 Å². The third-order valence-electron chi connectivity index (χ3n) is 5.90. The smallest absolute Gasteiger partial charge is 0.343 e. The first-order valence-electron chi connectivity index (χ1n) is 12.1. The van der Waals surface area contributed by atoms with E-state index in [2.05, 4.69) is 10.5 Å². The maximum Gasteiger partial charge on any atom is 0.343 e. The van der Waals surface area contributed by atoms with Gasteiger partial charge >= 0.3 is 5.97 Å². The number of hydrazone groups is 1. The molecule has 0 saturated heterocycles. The SMILES string of the molecule is Cc1ccc(N(CC(=O)N/N=C/c2ccc(OC(=O)c3ccccc3)cc2)S(=O)(=O)c2ccccc2)cc1C. The molecule has 0 aromatic heterocycles. The van der Waals surface area contributed by atoms with Crippen molar-refractivity contribution in [2.75, 3.05) is 10.8 Å². The molecule has 0 aliphatic rings. The number of aryl methyl sites for hydroxylation is 2. The van der Waals surface area contributed by atoms with Crippen LogP contribution in [0.5, 0.6) is 5.75 Å². The summed E-state index contributed by atoms with van der Waals surface area (Å²) < 4.78 is 33.3. The molecule has 198 valence electrons. The molecular weight excluding hydrogens is 514 g/mol. The van der Waals surface area contributed by atoms with E-state index in [4.69, 9.17) is 4.74 Å². The highest BCUT2D eigenvalue weighted by Gasteiger charge is 2.27. The van der Waals surface area contributed by atoms with E-state index in [1.807, 2.05) is 26.0 Å². The van der Waals surface area contributed by atoms with Gasteiger partial charge in [-0.05, 0) is 91.2 Å². The zero-order valence-corrected chi connectivity index (χ0v) is 22.3. The molecule has 0 bridgehead atoms. The minimum absolute atomic E-state index is 0.0765. The third kappa shape index (κ3) is 6.97. The van der Waals surface area contributed by atoms with Crippen molar-refractivity contribution in [2.45, 2.75) is 18.7 Å². The Kier molecular flexibility index (Phi) is 8.53. The molecule has 39 heavy (non-hydrogen) atoms. The van der Waals surface area contributed by atoms with Crippen LogP contribution in [0.2, 0.25) is 0 Å². The molecule has 0 aliphatic carbocycles. The minimum atomic E-state index is -4.01. The van der Waals surface area contributed by atoms with Crippen molar-refractivity contribution in [3.63, 3.8) is 0 Å². The lowest BCUT2D eigenvalue weighted by atomic mass is 10.1. The number of rotatable bonds is 9. The van der Waals surface area contributed by atoms with Crippen LogP contribution in [0.4, 0.5) is 5.69 Å². The number of ether oxygens (including phenoxy) is 1. The molecule has 0 saturated carbocycles.